The van der Waals surface area contributed by atoms with E-state index < -0.39 is 69.7 Å². The first kappa shape index (κ1) is 31.8. The summed E-state index contributed by atoms with van der Waals surface area (Å²) in [7, 11) is 6.52. The molecule has 234 valence electrons. The van der Waals surface area contributed by atoms with Crippen molar-refractivity contribution in [2.75, 3.05) is 39.6 Å². The summed E-state index contributed by atoms with van der Waals surface area (Å²) in [5.74, 6) is -8.30. The highest BCUT2D eigenvalue weighted by atomic mass is 16.7. The first-order valence-corrected chi connectivity index (χ1v) is 13.7. The number of rotatable bonds is 7. The van der Waals surface area contributed by atoms with Crippen LogP contribution in [0.25, 0.3) is 5.76 Å². The van der Waals surface area contributed by atoms with Gasteiger partial charge >= 0.3 is 0 Å². The number of nitrogens with zero attached hydrogens (tertiary/aromatic N) is 2. The van der Waals surface area contributed by atoms with Gasteiger partial charge in [-0.25, -0.2) is 0 Å². The van der Waals surface area contributed by atoms with Crippen LogP contribution in [0.15, 0.2) is 23.0 Å². The number of aliphatic hydroxyl groups excluding tert-OH is 2. The van der Waals surface area contributed by atoms with Gasteiger partial charge in [-0.05, 0) is 59.2 Å². The topological polar surface area (TPSA) is 215 Å². The van der Waals surface area contributed by atoms with Gasteiger partial charge in [0.05, 0.1) is 18.2 Å². The number of nitrogens with two attached hydrogens (primary N) is 1. The molecule has 3 aliphatic carbocycles. The quantitative estimate of drug-likeness (QED) is 0.160. The average Bonchev–Trinajstić information content (AvgIpc) is 2.88. The number of likely N-dealkylation sites (N-methyl/N-ethyl adjacent to an activating group) is 1. The van der Waals surface area contributed by atoms with Crippen LogP contribution in [0.5, 0.6) is 11.5 Å². The fourth-order valence-corrected chi connectivity index (χ4v) is 6.24. The summed E-state index contributed by atoms with van der Waals surface area (Å²) in [6.07, 6.45) is 0.0756. The highest BCUT2D eigenvalue weighted by molar-refractivity contribution is 6.24. The Morgan fingerprint density at radius 2 is 1.77 bits per heavy atom. The SMILES string of the molecule is CN(C)c1cc(ONC(=O)CNC(C)(C)C)c(O)c2c1CC1CC3[C@H](N(C)C)C(=O)C(C(N)=O)=C(O)[C@@]3(O)C(=O)C1=C2O. The van der Waals surface area contributed by atoms with Gasteiger partial charge in [0.15, 0.2) is 22.9 Å². The first-order chi connectivity index (χ1) is 19.8. The van der Waals surface area contributed by atoms with Gasteiger partial charge in [-0.15, -0.1) is 0 Å². The van der Waals surface area contributed by atoms with Crippen LogP contribution >= 0.6 is 0 Å². The molecule has 4 atom stereocenters. The third kappa shape index (κ3) is 5.19. The third-order valence-corrected chi connectivity index (χ3v) is 8.20. The highest BCUT2D eigenvalue weighted by Crippen LogP contribution is 2.54. The molecule has 43 heavy (non-hydrogen) atoms. The number of nitrogens with one attached hydrogen (secondary N) is 2. The number of carbonyl (C=O) groups is 4. The number of amides is 2. The van der Waals surface area contributed by atoms with Crippen molar-refractivity contribution < 1.29 is 44.4 Å². The molecule has 0 heterocycles. The zero-order valence-electron chi connectivity index (χ0n) is 25.2. The van der Waals surface area contributed by atoms with E-state index in [2.05, 4.69) is 10.8 Å². The van der Waals surface area contributed by atoms with Crippen LogP contribution in [0.1, 0.15) is 38.3 Å². The highest BCUT2D eigenvalue weighted by Gasteiger charge is 2.64. The van der Waals surface area contributed by atoms with Gasteiger partial charge in [0.1, 0.15) is 17.1 Å². The summed E-state index contributed by atoms with van der Waals surface area (Å²) in [6.45, 7) is 5.56. The van der Waals surface area contributed by atoms with E-state index in [0.29, 0.717) is 11.3 Å². The molecule has 0 saturated heterocycles. The number of hydroxylamine groups is 1. The van der Waals surface area contributed by atoms with E-state index in [1.54, 1.807) is 19.0 Å². The van der Waals surface area contributed by atoms with E-state index in [4.69, 9.17) is 10.6 Å². The first-order valence-electron chi connectivity index (χ1n) is 13.7. The number of phenols is 1. The van der Waals surface area contributed by atoms with Crippen molar-refractivity contribution in [3.05, 3.63) is 34.1 Å². The Kier molecular flexibility index (Phi) is 8.02. The van der Waals surface area contributed by atoms with Gasteiger partial charge in [0.2, 0.25) is 5.78 Å². The van der Waals surface area contributed by atoms with Crippen LogP contribution in [0.3, 0.4) is 0 Å². The van der Waals surface area contributed by atoms with Crippen LogP contribution in [-0.4, -0.2) is 101 Å². The van der Waals surface area contributed by atoms with E-state index in [0.717, 1.165) is 0 Å². The predicted molar refractivity (Wildman–Crippen MR) is 155 cm³/mol. The summed E-state index contributed by atoms with van der Waals surface area (Å²) in [4.78, 5) is 60.3. The van der Waals surface area contributed by atoms with Gasteiger partial charge in [-0.1, -0.05) is 0 Å². The largest absolute Gasteiger partial charge is 0.508 e. The number of benzene rings is 1. The molecule has 8 N–H and O–H groups in total. The maximum Gasteiger partial charge on any atom is 0.266 e. The molecule has 14 nitrogen and oxygen atoms in total. The standard InChI is InChI=1S/C29H39N5O9/c1-28(2,3)31-11-17(35)32-43-16-10-15(33(4)5)13-8-12-9-14-21(34(6)7)24(38)20(27(30)41)26(40)29(14,42)25(39)18(12)23(37)19(13)22(16)36/h10,12,14,21,31,36-37,40,42H,8-9,11H2,1-7H3,(H2,30,41)(H,32,35)/t12?,14?,21-,29-/m0/s1. The lowest BCUT2D eigenvalue weighted by Gasteiger charge is -2.50. The van der Waals surface area contributed by atoms with Gasteiger partial charge in [-0.3, -0.25) is 24.1 Å². The minimum Gasteiger partial charge on any atom is -0.508 e. The van der Waals surface area contributed by atoms with E-state index in [1.807, 2.05) is 20.8 Å². The van der Waals surface area contributed by atoms with Crippen molar-refractivity contribution in [1.82, 2.24) is 15.7 Å². The molecule has 2 unspecified atom stereocenters. The Morgan fingerprint density at radius 3 is 2.30 bits per heavy atom. The van der Waals surface area contributed by atoms with Crippen LogP contribution < -0.4 is 26.3 Å². The second-order valence-corrected chi connectivity index (χ2v) is 12.7. The molecule has 14 heteroatoms. The van der Waals surface area contributed by atoms with E-state index in [1.165, 1.54) is 25.1 Å². The number of hydrogen-bond donors (Lipinski definition) is 7. The number of anilines is 1. The molecule has 1 aromatic carbocycles. The van der Waals surface area contributed by atoms with Crippen LogP contribution in [0.2, 0.25) is 0 Å². The smallest absolute Gasteiger partial charge is 0.266 e. The molecule has 0 bridgehead atoms. The molecule has 0 radical (unpaired) electrons. The summed E-state index contributed by atoms with van der Waals surface area (Å²) >= 11 is 0. The number of phenolic OH excluding ortho intramolecular Hbond substituents is 1. The molecule has 1 aromatic rings. The van der Waals surface area contributed by atoms with Gasteiger partial charge in [0.25, 0.3) is 11.8 Å². The second-order valence-electron chi connectivity index (χ2n) is 12.7. The molecule has 0 spiro atoms. The van der Waals surface area contributed by atoms with Crippen molar-refractivity contribution in [2.24, 2.45) is 17.6 Å². The monoisotopic (exact) mass is 601 g/mol. The number of fused-ring (bicyclic) bond motifs is 3. The molecule has 3 aliphatic rings. The number of ketones is 2. The molecular formula is C29H39N5O9. The normalized spacial score (nSPS) is 25.3. The summed E-state index contributed by atoms with van der Waals surface area (Å²) in [6, 6.07) is 0.303. The van der Waals surface area contributed by atoms with E-state index in [-0.39, 0.29) is 41.8 Å². The lowest BCUT2D eigenvalue weighted by Crippen LogP contribution is -2.65. The van der Waals surface area contributed by atoms with Crippen molar-refractivity contribution in [3.63, 3.8) is 0 Å². The Hall–Kier alpha value is -4.14. The molecule has 1 saturated carbocycles. The fourth-order valence-electron chi connectivity index (χ4n) is 6.24. The summed E-state index contributed by atoms with van der Waals surface area (Å²) in [5.41, 5.74) is 4.17. The summed E-state index contributed by atoms with van der Waals surface area (Å²) < 4.78 is 0. The van der Waals surface area contributed by atoms with E-state index in [9.17, 15) is 39.6 Å². The van der Waals surface area contributed by atoms with E-state index >= 15 is 0 Å². The van der Waals surface area contributed by atoms with Gasteiger partial charge in [-0.2, -0.15) is 5.48 Å². The van der Waals surface area contributed by atoms with Crippen molar-refractivity contribution in [3.8, 4) is 11.5 Å². The molecule has 2 amide bonds. The third-order valence-electron chi connectivity index (χ3n) is 8.20. The van der Waals surface area contributed by atoms with Crippen LogP contribution in [0, 0.1) is 11.8 Å². The Labute approximate surface area is 248 Å². The maximum atomic E-state index is 14.0. The second kappa shape index (κ2) is 10.8. The molecule has 0 aromatic heterocycles. The Balaban J connectivity index is 1.84. The number of hydrogen-bond acceptors (Lipinski definition) is 12. The van der Waals surface area contributed by atoms with Crippen molar-refractivity contribution in [2.45, 2.75) is 50.8 Å². The fraction of sp³-hybridized carbons (Fsp3) is 0.517. The predicted octanol–water partition coefficient (Wildman–Crippen LogP) is -0.172. The number of Topliss-reactive ketones (excluding diaryl/α,β-unsaturated/α-hetero) is 2. The number of aromatic hydroxyl groups is 1. The summed E-state index contributed by atoms with van der Waals surface area (Å²) in [5, 5.41) is 48.5. The van der Waals surface area contributed by atoms with Crippen LogP contribution in [0.4, 0.5) is 5.69 Å². The van der Waals surface area contributed by atoms with Crippen molar-refractivity contribution in [1.29, 1.82) is 0 Å². The zero-order valence-corrected chi connectivity index (χ0v) is 25.2. The van der Waals surface area contributed by atoms with Gasteiger partial charge < -0.3 is 41.2 Å². The molecule has 4 rings (SSSR count). The van der Waals surface area contributed by atoms with Gasteiger partial charge in [0, 0.05) is 42.9 Å². The Bertz CT molecular complexity index is 1470. The lowest BCUT2D eigenvalue weighted by molar-refractivity contribution is -0.153. The average molecular weight is 602 g/mol. The number of carbonyl (C=O) groups excluding carboxylic acids is 4. The number of primary amides is 1. The van der Waals surface area contributed by atoms with Crippen LogP contribution in [-0.2, 0) is 25.6 Å². The van der Waals surface area contributed by atoms with Crippen molar-refractivity contribution >= 4 is 34.8 Å². The minimum atomic E-state index is -2.74. The minimum absolute atomic E-state index is 0.0333. The molecule has 1 fully saturated rings. The lowest BCUT2D eigenvalue weighted by atomic mass is 9.57. The molecule has 0 aliphatic heterocycles. The molecular weight excluding hydrogens is 562 g/mol. The number of aliphatic hydroxyl groups is 3. The maximum absolute atomic E-state index is 14.0. The Morgan fingerprint density at radius 1 is 1.14 bits per heavy atom. The zero-order chi connectivity index (χ0) is 32.3.